The van der Waals surface area contributed by atoms with E-state index in [1.807, 2.05) is 0 Å². The van der Waals surface area contributed by atoms with Crippen LogP contribution < -0.4 is 0 Å². The van der Waals surface area contributed by atoms with E-state index in [0.717, 1.165) is 50.4 Å². The van der Waals surface area contributed by atoms with Crippen LogP contribution in [0.5, 0.6) is 0 Å². The van der Waals surface area contributed by atoms with Crippen molar-refractivity contribution in [3.05, 3.63) is 0 Å². The van der Waals surface area contributed by atoms with Crippen molar-refractivity contribution < 1.29 is 14.4 Å². The van der Waals surface area contributed by atoms with Crippen molar-refractivity contribution in [2.75, 3.05) is 0 Å². The Bertz CT molecular complexity index is 697. The molecule has 1 unspecified atom stereocenters. The van der Waals surface area contributed by atoms with Crippen molar-refractivity contribution >= 4 is 17.3 Å². The molecule has 1 atom stereocenters. The summed E-state index contributed by atoms with van der Waals surface area (Å²) in [4.78, 5) is 32.2. The molecule has 306 valence electrons. The molecule has 0 saturated carbocycles. The van der Waals surface area contributed by atoms with Crippen LogP contribution >= 0.6 is 0 Å². The van der Waals surface area contributed by atoms with E-state index in [1.54, 1.807) is 20.8 Å². The second-order valence-corrected chi connectivity index (χ2v) is 16.7. The van der Waals surface area contributed by atoms with Gasteiger partial charge >= 0.3 is 0 Å². The maximum absolute atomic E-state index is 10.7. The fourth-order valence-corrected chi connectivity index (χ4v) is 6.51. The molecule has 0 aliphatic heterocycles. The minimum absolute atomic E-state index is 0.343. The third kappa shape index (κ3) is 61.4. The predicted octanol–water partition coefficient (Wildman–Crippen LogP) is 16.7. The Morgan fingerprint density at radius 1 is 0.333 bits per heavy atom. The SMILES string of the molecule is CC(=O)CCCCCCCCCCCC(C)C.CCC(C)CCCCCCCCCCC(C)=O.CCCCCCCCCCCCCCC(C)=O. The molecule has 3 nitrogen and oxygen atoms in total. The van der Waals surface area contributed by atoms with Crippen LogP contribution in [0, 0.1) is 11.8 Å². The van der Waals surface area contributed by atoms with Gasteiger partial charge in [0.05, 0.1) is 0 Å². The summed E-state index contributed by atoms with van der Waals surface area (Å²) in [5.74, 6) is 2.82. The van der Waals surface area contributed by atoms with Gasteiger partial charge in [0, 0.05) is 19.3 Å². The van der Waals surface area contributed by atoms with Crippen molar-refractivity contribution in [3.63, 3.8) is 0 Å². The van der Waals surface area contributed by atoms with E-state index >= 15 is 0 Å². The van der Waals surface area contributed by atoms with Crippen LogP contribution in [0.3, 0.4) is 0 Å². The fraction of sp³-hybridized carbons (Fsp3) is 0.938. The minimum atomic E-state index is 0.343. The topological polar surface area (TPSA) is 51.2 Å². The zero-order valence-electron chi connectivity index (χ0n) is 36.6. The van der Waals surface area contributed by atoms with Crippen LogP contribution in [0.2, 0.25) is 0 Å². The van der Waals surface area contributed by atoms with Crippen molar-refractivity contribution in [1.82, 2.24) is 0 Å². The maximum atomic E-state index is 10.7. The van der Waals surface area contributed by atoms with Crippen molar-refractivity contribution in [2.45, 2.75) is 280 Å². The Hall–Kier alpha value is -0.990. The highest BCUT2D eigenvalue weighted by molar-refractivity contribution is 5.75. The molecule has 0 heterocycles. The zero-order valence-corrected chi connectivity index (χ0v) is 36.6. The van der Waals surface area contributed by atoms with E-state index in [1.165, 1.54) is 186 Å². The minimum Gasteiger partial charge on any atom is -0.300 e. The Balaban J connectivity index is -0.000000678. The number of ketones is 3. The van der Waals surface area contributed by atoms with Crippen LogP contribution in [0.1, 0.15) is 280 Å². The molecule has 3 heteroatoms. The first-order valence-corrected chi connectivity index (χ1v) is 23.0. The quantitative estimate of drug-likeness (QED) is 0.0600. The summed E-state index contributed by atoms with van der Waals surface area (Å²) >= 11 is 0. The maximum Gasteiger partial charge on any atom is 0.129 e. The molecular weight excluding hydrogens is 625 g/mol. The highest BCUT2D eigenvalue weighted by atomic mass is 16.1. The van der Waals surface area contributed by atoms with Gasteiger partial charge in [-0.2, -0.15) is 0 Å². The molecular formula is C48H96O3. The highest BCUT2D eigenvalue weighted by Crippen LogP contribution is 2.16. The summed E-state index contributed by atoms with van der Waals surface area (Å²) in [5, 5.41) is 0. The van der Waals surface area contributed by atoms with E-state index in [2.05, 4.69) is 34.6 Å². The molecule has 0 spiro atoms. The number of hydrogen-bond donors (Lipinski definition) is 0. The van der Waals surface area contributed by atoms with Gasteiger partial charge in [0.1, 0.15) is 17.3 Å². The van der Waals surface area contributed by atoms with E-state index < -0.39 is 0 Å². The van der Waals surface area contributed by atoms with Gasteiger partial charge in [0.15, 0.2) is 0 Å². The molecule has 0 N–H and O–H groups in total. The van der Waals surface area contributed by atoms with Gasteiger partial charge in [-0.15, -0.1) is 0 Å². The average Bonchev–Trinajstić information content (AvgIpc) is 3.08. The zero-order chi connectivity index (χ0) is 38.6. The lowest BCUT2D eigenvalue weighted by Gasteiger charge is -2.07. The number of Topliss-reactive ketones (excluding diaryl/α,β-unsaturated/α-hetero) is 3. The van der Waals surface area contributed by atoms with E-state index in [0.29, 0.717) is 17.3 Å². The molecule has 0 aliphatic rings. The van der Waals surface area contributed by atoms with Gasteiger partial charge in [0.25, 0.3) is 0 Å². The largest absolute Gasteiger partial charge is 0.300 e. The van der Waals surface area contributed by atoms with Crippen molar-refractivity contribution in [3.8, 4) is 0 Å². The number of unbranched alkanes of at least 4 members (excludes halogenated alkanes) is 26. The van der Waals surface area contributed by atoms with Gasteiger partial charge in [-0.3, -0.25) is 0 Å². The summed E-state index contributed by atoms with van der Waals surface area (Å²) in [6, 6.07) is 0. The monoisotopic (exact) mass is 721 g/mol. The fourth-order valence-electron chi connectivity index (χ4n) is 6.51. The molecule has 0 rings (SSSR count). The number of hydrogen-bond acceptors (Lipinski definition) is 3. The molecule has 0 amide bonds. The molecule has 0 radical (unpaired) electrons. The first kappa shape index (κ1) is 54.4. The second-order valence-electron chi connectivity index (χ2n) is 16.7. The van der Waals surface area contributed by atoms with Gasteiger partial charge in [0.2, 0.25) is 0 Å². The molecule has 0 aromatic heterocycles. The van der Waals surface area contributed by atoms with E-state index in [4.69, 9.17) is 0 Å². The Morgan fingerprint density at radius 3 is 0.804 bits per heavy atom. The predicted molar refractivity (Wildman–Crippen MR) is 229 cm³/mol. The van der Waals surface area contributed by atoms with Crippen molar-refractivity contribution in [1.29, 1.82) is 0 Å². The van der Waals surface area contributed by atoms with Crippen LogP contribution in [-0.4, -0.2) is 17.3 Å². The van der Waals surface area contributed by atoms with Crippen LogP contribution in [-0.2, 0) is 14.4 Å². The Morgan fingerprint density at radius 2 is 0.569 bits per heavy atom. The van der Waals surface area contributed by atoms with Gasteiger partial charge in [-0.1, -0.05) is 221 Å². The van der Waals surface area contributed by atoms with Gasteiger partial charge < -0.3 is 14.4 Å². The first-order chi connectivity index (χ1) is 24.6. The summed E-state index contributed by atoms with van der Waals surface area (Å²) in [6.45, 7) is 16.6. The number of carbonyl (C=O) groups is 3. The Labute approximate surface area is 322 Å². The average molecular weight is 721 g/mol. The van der Waals surface area contributed by atoms with Crippen LogP contribution in [0.15, 0.2) is 0 Å². The lowest BCUT2D eigenvalue weighted by Crippen LogP contribution is -1.91. The summed E-state index contributed by atoms with van der Waals surface area (Å²) < 4.78 is 0. The molecule has 0 fully saturated rings. The van der Waals surface area contributed by atoms with Crippen LogP contribution in [0.4, 0.5) is 0 Å². The summed E-state index contributed by atoms with van der Waals surface area (Å²) in [7, 11) is 0. The molecule has 0 aromatic rings. The first-order valence-electron chi connectivity index (χ1n) is 23.0. The van der Waals surface area contributed by atoms with E-state index in [-0.39, 0.29) is 0 Å². The molecule has 51 heavy (non-hydrogen) atoms. The molecule has 0 bridgehead atoms. The number of rotatable bonds is 37. The summed E-state index contributed by atoms with van der Waals surface area (Å²) in [5.41, 5.74) is 0. The third-order valence-electron chi connectivity index (χ3n) is 10.4. The molecule has 0 aromatic carbocycles. The van der Waals surface area contributed by atoms with Crippen LogP contribution in [0.25, 0.3) is 0 Å². The van der Waals surface area contributed by atoms with E-state index in [9.17, 15) is 14.4 Å². The lowest BCUT2D eigenvalue weighted by atomic mass is 9.99. The number of carbonyl (C=O) groups excluding carboxylic acids is 3. The molecule has 0 aliphatic carbocycles. The highest BCUT2D eigenvalue weighted by Gasteiger charge is 2.00. The standard InChI is InChI=1S/3C16H32O/c1-15(2)13-11-9-7-5-4-6-8-10-12-14-16(3)17;1-4-15(2)13-11-9-7-5-6-8-10-12-14-16(3)17;1-3-4-5-6-7-8-9-10-11-12-13-14-15-16(2)17/h2*15H,4-14H2,1-3H3;3-15H2,1-2H3. The lowest BCUT2D eigenvalue weighted by molar-refractivity contribution is -0.117. The summed E-state index contributed by atoms with van der Waals surface area (Å²) in [6.07, 6.45) is 45.6. The van der Waals surface area contributed by atoms with Gasteiger partial charge in [-0.25, -0.2) is 0 Å². The van der Waals surface area contributed by atoms with Gasteiger partial charge in [-0.05, 0) is 51.9 Å². The second kappa shape index (κ2) is 47.0. The van der Waals surface area contributed by atoms with Crippen molar-refractivity contribution in [2.24, 2.45) is 11.8 Å². The third-order valence-corrected chi connectivity index (χ3v) is 10.4. The Kier molecular flexibility index (Phi) is 50.1. The normalized spacial score (nSPS) is 11.5. The smallest absolute Gasteiger partial charge is 0.129 e. The molecule has 0 saturated heterocycles.